The second-order valence-corrected chi connectivity index (χ2v) is 4.44. The number of nitrogens with one attached hydrogen (secondary N) is 1. The van der Waals surface area contributed by atoms with Crippen molar-refractivity contribution in [3.05, 3.63) is 23.8 Å². The van der Waals surface area contributed by atoms with Crippen molar-refractivity contribution in [3.8, 4) is 0 Å². The summed E-state index contributed by atoms with van der Waals surface area (Å²) < 4.78 is 0. The Kier molecular flexibility index (Phi) is 3.52. The average Bonchev–Trinajstić information content (AvgIpc) is 2.81. The van der Waals surface area contributed by atoms with Gasteiger partial charge in [0.1, 0.15) is 6.54 Å². The van der Waals surface area contributed by atoms with Crippen LogP contribution in [0.5, 0.6) is 0 Å². The molecule has 1 aromatic rings. The molecular weight excluding hydrogens is 216 g/mol. The minimum atomic E-state index is -0.840. The molecule has 2 N–H and O–H groups in total. The predicted octanol–water partition coefficient (Wildman–Crippen LogP) is 2.09. The fourth-order valence-corrected chi connectivity index (χ4v) is 2.20. The zero-order valence-electron chi connectivity index (χ0n) is 10.1. The van der Waals surface area contributed by atoms with E-state index in [9.17, 15) is 4.79 Å². The fourth-order valence-electron chi connectivity index (χ4n) is 2.20. The maximum atomic E-state index is 10.5. The van der Waals surface area contributed by atoms with Crippen molar-refractivity contribution in [3.63, 3.8) is 0 Å². The number of aryl methyl sites for hydroxylation is 1. The molecule has 0 aromatic heterocycles. The van der Waals surface area contributed by atoms with Crippen molar-refractivity contribution in [1.82, 2.24) is 0 Å². The largest absolute Gasteiger partial charge is 0.480 e. The molecule has 0 atom stereocenters. The van der Waals surface area contributed by atoms with Crippen molar-refractivity contribution in [2.24, 2.45) is 0 Å². The van der Waals surface area contributed by atoms with Gasteiger partial charge in [0.05, 0.1) is 0 Å². The number of carboxylic acids is 1. The van der Waals surface area contributed by atoms with Gasteiger partial charge in [0.2, 0.25) is 0 Å². The van der Waals surface area contributed by atoms with E-state index in [1.165, 1.54) is 24.1 Å². The molecule has 4 heteroatoms. The Morgan fingerprint density at radius 2 is 2.12 bits per heavy atom. The summed E-state index contributed by atoms with van der Waals surface area (Å²) in [6.07, 6.45) is 2.48. The molecule has 0 radical (unpaired) electrons. The van der Waals surface area contributed by atoms with E-state index in [2.05, 4.69) is 17.1 Å². The first-order valence-corrected chi connectivity index (χ1v) is 5.98. The standard InChI is InChI=1S/C13H18N2O2/c1-10-4-5-11(14-9-13(16)17)8-12(10)15-6-2-3-7-15/h4-5,8,14H,2-3,6-7,9H2,1H3,(H,16,17). The molecule has 2 rings (SSSR count). The maximum Gasteiger partial charge on any atom is 0.322 e. The second kappa shape index (κ2) is 5.08. The van der Waals surface area contributed by atoms with Crippen molar-refractivity contribution in [2.75, 3.05) is 29.9 Å². The molecule has 0 bridgehead atoms. The number of carboxylic acid groups (broad SMARTS) is 1. The minimum Gasteiger partial charge on any atom is -0.480 e. The van der Waals surface area contributed by atoms with Gasteiger partial charge in [0.15, 0.2) is 0 Å². The van der Waals surface area contributed by atoms with E-state index in [1.807, 2.05) is 18.2 Å². The van der Waals surface area contributed by atoms with Gasteiger partial charge in [-0.3, -0.25) is 4.79 Å². The van der Waals surface area contributed by atoms with E-state index >= 15 is 0 Å². The van der Waals surface area contributed by atoms with E-state index in [4.69, 9.17) is 5.11 Å². The molecule has 1 aliphatic heterocycles. The van der Waals surface area contributed by atoms with Gasteiger partial charge in [-0.15, -0.1) is 0 Å². The topological polar surface area (TPSA) is 52.6 Å². The fraction of sp³-hybridized carbons (Fsp3) is 0.462. The first-order valence-electron chi connectivity index (χ1n) is 5.98. The molecule has 0 amide bonds. The monoisotopic (exact) mass is 234 g/mol. The van der Waals surface area contributed by atoms with E-state index in [0.717, 1.165) is 18.8 Å². The van der Waals surface area contributed by atoms with E-state index < -0.39 is 5.97 Å². The molecule has 0 aliphatic carbocycles. The van der Waals surface area contributed by atoms with Crippen LogP contribution in [-0.2, 0) is 4.79 Å². The number of hydrogen-bond donors (Lipinski definition) is 2. The van der Waals surface area contributed by atoms with Crippen molar-refractivity contribution in [1.29, 1.82) is 0 Å². The van der Waals surface area contributed by atoms with Crippen LogP contribution in [0, 0.1) is 6.92 Å². The molecule has 0 saturated carbocycles. The van der Waals surface area contributed by atoms with Crippen LogP contribution < -0.4 is 10.2 Å². The molecule has 17 heavy (non-hydrogen) atoms. The number of benzene rings is 1. The molecule has 1 heterocycles. The Balaban J connectivity index is 2.13. The summed E-state index contributed by atoms with van der Waals surface area (Å²) in [6, 6.07) is 6.01. The van der Waals surface area contributed by atoms with E-state index in [-0.39, 0.29) is 6.54 Å². The summed E-state index contributed by atoms with van der Waals surface area (Å²) in [5, 5.41) is 11.5. The molecule has 4 nitrogen and oxygen atoms in total. The van der Waals surface area contributed by atoms with E-state index in [0.29, 0.717) is 0 Å². The highest BCUT2D eigenvalue weighted by Gasteiger charge is 2.14. The van der Waals surface area contributed by atoms with Crippen LogP contribution in [0.25, 0.3) is 0 Å². The first-order chi connectivity index (χ1) is 8.16. The Morgan fingerprint density at radius 3 is 2.76 bits per heavy atom. The zero-order chi connectivity index (χ0) is 12.3. The van der Waals surface area contributed by atoms with Crippen LogP contribution in [0.15, 0.2) is 18.2 Å². The number of aliphatic carboxylic acids is 1. The van der Waals surface area contributed by atoms with Gasteiger partial charge in [-0.05, 0) is 37.5 Å². The summed E-state index contributed by atoms with van der Waals surface area (Å²) in [5.41, 5.74) is 3.34. The number of carbonyl (C=O) groups is 1. The highest BCUT2D eigenvalue weighted by Crippen LogP contribution is 2.27. The molecule has 1 aromatic carbocycles. The number of hydrogen-bond acceptors (Lipinski definition) is 3. The van der Waals surface area contributed by atoms with Gasteiger partial charge in [0, 0.05) is 24.5 Å². The molecule has 0 spiro atoms. The van der Waals surface area contributed by atoms with E-state index in [1.54, 1.807) is 0 Å². The van der Waals surface area contributed by atoms with Gasteiger partial charge in [0.25, 0.3) is 0 Å². The summed E-state index contributed by atoms with van der Waals surface area (Å²) in [4.78, 5) is 12.9. The smallest absolute Gasteiger partial charge is 0.322 e. The van der Waals surface area contributed by atoms with Crippen LogP contribution in [0.3, 0.4) is 0 Å². The van der Waals surface area contributed by atoms with Crippen LogP contribution >= 0.6 is 0 Å². The number of anilines is 2. The summed E-state index contributed by atoms with van der Waals surface area (Å²) in [5.74, 6) is -0.840. The average molecular weight is 234 g/mol. The van der Waals surface area contributed by atoms with Gasteiger partial charge < -0.3 is 15.3 Å². The normalized spacial score (nSPS) is 15.0. The first kappa shape index (κ1) is 11.8. The lowest BCUT2D eigenvalue weighted by molar-refractivity contribution is -0.134. The Labute approximate surface area is 101 Å². The third-order valence-corrected chi connectivity index (χ3v) is 3.10. The predicted molar refractivity (Wildman–Crippen MR) is 68.8 cm³/mol. The second-order valence-electron chi connectivity index (χ2n) is 4.44. The van der Waals surface area contributed by atoms with Crippen LogP contribution in [0.4, 0.5) is 11.4 Å². The summed E-state index contributed by atoms with van der Waals surface area (Å²) in [6.45, 7) is 4.25. The summed E-state index contributed by atoms with van der Waals surface area (Å²) in [7, 11) is 0. The number of nitrogens with zero attached hydrogens (tertiary/aromatic N) is 1. The minimum absolute atomic E-state index is 0.0392. The van der Waals surface area contributed by atoms with Crippen molar-refractivity contribution in [2.45, 2.75) is 19.8 Å². The Morgan fingerprint density at radius 1 is 1.41 bits per heavy atom. The Hall–Kier alpha value is -1.71. The van der Waals surface area contributed by atoms with Gasteiger partial charge in [-0.25, -0.2) is 0 Å². The molecule has 1 saturated heterocycles. The van der Waals surface area contributed by atoms with Crippen molar-refractivity contribution >= 4 is 17.3 Å². The lowest BCUT2D eigenvalue weighted by atomic mass is 10.1. The highest BCUT2D eigenvalue weighted by atomic mass is 16.4. The summed E-state index contributed by atoms with van der Waals surface area (Å²) >= 11 is 0. The molecule has 92 valence electrons. The lowest BCUT2D eigenvalue weighted by Crippen LogP contribution is -2.19. The lowest BCUT2D eigenvalue weighted by Gasteiger charge is -2.21. The third-order valence-electron chi connectivity index (χ3n) is 3.10. The van der Waals surface area contributed by atoms with Crippen LogP contribution in [-0.4, -0.2) is 30.7 Å². The van der Waals surface area contributed by atoms with Crippen LogP contribution in [0.1, 0.15) is 18.4 Å². The quantitative estimate of drug-likeness (QED) is 0.837. The van der Waals surface area contributed by atoms with Crippen molar-refractivity contribution < 1.29 is 9.90 Å². The van der Waals surface area contributed by atoms with Gasteiger partial charge >= 0.3 is 5.97 Å². The van der Waals surface area contributed by atoms with Gasteiger partial charge in [-0.2, -0.15) is 0 Å². The number of rotatable bonds is 4. The molecular formula is C13H18N2O2. The third kappa shape index (κ3) is 2.90. The molecule has 1 fully saturated rings. The SMILES string of the molecule is Cc1ccc(NCC(=O)O)cc1N1CCCC1. The zero-order valence-corrected chi connectivity index (χ0v) is 10.1. The van der Waals surface area contributed by atoms with Crippen LogP contribution in [0.2, 0.25) is 0 Å². The van der Waals surface area contributed by atoms with Gasteiger partial charge in [-0.1, -0.05) is 6.07 Å². The molecule has 1 aliphatic rings. The Bertz CT molecular complexity index is 412. The maximum absolute atomic E-state index is 10.5. The molecule has 0 unspecified atom stereocenters. The highest BCUT2D eigenvalue weighted by molar-refractivity contribution is 5.73.